The molecule has 0 radical (unpaired) electrons. The number of rotatable bonds is 5. The second-order valence-electron chi connectivity index (χ2n) is 9.12. The molecule has 3 rings (SSSR count). The molecule has 0 spiro atoms. The van der Waals surface area contributed by atoms with Crippen molar-refractivity contribution in [3.05, 3.63) is 35.4 Å². The Bertz CT molecular complexity index is 626. The van der Waals surface area contributed by atoms with E-state index in [-0.39, 0.29) is 18.2 Å². The Morgan fingerprint density at radius 1 is 1.19 bits per heavy atom. The smallest absolute Gasteiger partial charge is 0.410 e. The van der Waals surface area contributed by atoms with Crippen molar-refractivity contribution in [3.63, 3.8) is 0 Å². The van der Waals surface area contributed by atoms with Crippen molar-refractivity contribution in [1.29, 1.82) is 0 Å². The van der Waals surface area contributed by atoms with Crippen LogP contribution in [0, 0.1) is 5.92 Å². The molecule has 27 heavy (non-hydrogen) atoms. The molecule has 2 fully saturated rings. The van der Waals surface area contributed by atoms with Crippen molar-refractivity contribution >= 4 is 6.09 Å². The highest BCUT2D eigenvalue weighted by atomic mass is 16.6. The van der Waals surface area contributed by atoms with Crippen LogP contribution in [-0.2, 0) is 11.3 Å². The molecule has 1 heterocycles. The number of aliphatic hydroxyl groups is 1. The SMILES string of the molecule is CN(C(=O)OC(C)(C)C)C(c1ccc(CN2CCC(O)CC2)cc1)C1CC1. The Labute approximate surface area is 163 Å². The summed E-state index contributed by atoms with van der Waals surface area (Å²) in [5, 5.41) is 9.65. The van der Waals surface area contributed by atoms with Crippen LogP contribution < -0.4 is 0 Å². The van der Waals surface area contributed by atoms with Crippen LogP contribution >= 0.6 is 0 Å². The highest BCUT2D eigenvalue weighted by Crippen LogP contribution is 2.44. The molecule has 0 bridgehead atoms. The Kier molecular flexibility index (Phi) is 6.11. The number of likely N-dealkylation sites (tertiary alicyclic amines) is 1. The Morgan fingerprint density at radius 2 is 1.78 bits per heavy atom. The van der Waals surface area contributed by atoms with E-state index in [0.717, 1.165) is 45.3 Å². The predicted molar refractivity (Wildman–Crippen MR) is 106 cm³/mol. The van der Waals surface area contributed by atoms with Gasteiger partial charge >= 0.3 is 6.09 Å². The molecule has 5 heteroatoms. The molecule has 5 nitrogen and oxygen atoms in total. The molecule has 1 aliphatic heterocycles. The third-order valence-corrected chi connectivity index (χ3v) is 5.45. The minimum absolute atomic E-state index is 0.0824. The van der Waals surface area contributed by atoms with E-state index in [2.05, 4.69) is 29.2 Å². The summed E-state index contributed by atoms with van der Waals surface area (Å²) in [5.74, 6) is 0.525. The molecule has 1 N–H and O–H groups in total. The molecule has 1 saturated heterocycles. The van der Waals surface area contributed by atoms with Crippen molar-refractivity contribution in [2.75, 3.05) is 20.1 Å². The van der Waals surface area contributed by atoms with Crippen LogP contribution in [0.3, 0.4) is 0 Å². The van der Waals surface area contributed by atoms with Crippen LogP contribution in [0.15, 0.2) is 24.3 Å². The zero-order valence-corrected chi connectivity index (χ0v) is 17.1. The quantitative estimate of drug-likeness (QED) is 0.847. The normalized spacial score (nSPS) is 20.3. The van der Waals surface area contributed by atoms with Crippen LogP contribution in [0.5, 0.6) is 0 Å². The van der Waals surface area contributed by atoms with Gasteiger partial charge in [0.2, 0.25) is 0 Å². The van der Waals surface area contributed by atoms with Gasteiger partial charge in [-0.3, -0.25) is 4.90 Å². The molecule has 1 unspecified atom stereocenters. The summed E-state index contributed by atoms with van der Waals surface area (Å²) in [6.07, 6.45) is 3.66. The van der Waals surface area contributed by atoms with Crippen LogP contribution in [0.4, 0.5) is 4.79 Å². The summed E-state index contributed by atoms with van der Waals surface area (Å²) < 4.78 is 5.57. The number of carbonyl (C=O) groups excluding carboxylic acids is 1. The lowest BCUT2D eigenvalue weighted by Gasteiger charge is -2.32. The third kappa shape index (κ3) is 5.69. The van der Waals surface area contributed by atoms with Crippen LogP contribution in [0.1, 0.15) is 63.6 Å². The average Bonchev–Trinajstić information content (AvgIpc) is 3.42. The first-order chi connectivity index (χ1) is 12.7. The largest absolute Gasteiger partial charge is 0.444 e. The zero-order valence-electron chi connectivity index (χ0n) is 17.1. The van der Waals surface area contributed by atoms with Crippen LogP contribution in [0.25, 0.3) is 0 Å². The number of aliphatic hydroxyl groups excluding tert-OH is 1. The standard InChI is InChI=1S/C22H34N2O3/c1-22(2,3)27-21(26)23(4)20(18-9-10-18)17-7-5-16(6-8-17)15-24-13-11-19(25)12-14-24/h5-8,18-20,25H,9-15H2,1-4H3. The first kappa shape index (κ1) is 20.2. The second kappa shape index (κ2) is 8.19. The van der Waals surface area contributed by atoms with Gasteiger partial charge in [-0.25, -0.2) is 4.79 Å². The van der Waals surface area contributed by atoms with Gasteiger partial charge in [0.25, 0.3) is 0 Å². The van der Waals surface area contributed by atoms with Crippen LogP contribution in [0.2, 0.25) is 0 Å². The molecule has 0 aromatic heterocycles. The van der Waals surface area contributed by atoms with Gasteiger partial charge < -0.3 is 14.7 Å². The van der Waals surface area contributed by atoms with Crippen molar-refractivity contribution in [3.8, 4) is 0 Å². The average molecular weight is 375 g/mol. The number of benzene rings is 1. The number of hydrogen-bond acceptors (Lipinski definition) is 4. The lowest BCUT2D eigenvalue weighted by Crippen LogP contribution is -2.37. The number of piperidine rings is 1. The minimum Gasteiger partial charge on any atom is -0.444 e. The first-order valence-corrected chi connectivity index (χ1v) is 10.2. The highest BCUT2D eigenvalue weighted by molar-refractivity contribution is 5.68. The fourth-order valence-corrected chi connectivity index (χ4v) is 3.83. The van der Waals surface area contributed by atoms with Crippen molar-refractivity contribution in [2.24, 2.45) is 5.92 Å². The van der Waals surface area contributed by atoms with Crippen molar-refractivity contribution < 1.29 is 14.6 Å². The second-order valence-corrected chi connectivity index (χ2v) is 9.12. The van der Waals surface area contributed by atoms with E-state index in [0.29, 0.717) is 5.92 Å². The van der Waals surface area contributed by atoms with Gasteiger partial charge in [-0.1, -0.05) is 24.3 Å². The van der Waals surface area contributed by atoms with Crippen molar-refractivity contribution in [2.45, 2.75) is 70.7 Å². The maximum atomic E-state index is 12.5. The number of amides is 1. The topological polar surface area (TPSA) is 53.0 Å². The van der Waals surface area contributed by atoms with Gasteiger partial charge in [-0.2, -0.15) is 0 Å². The lowest BCUT2D eigenvalue weighted by atomic mass is 9.99. The fraction of sp³-hybridized carbons (Fsp3) is 0.682. The summed E-state index contributed by atoms with van der Waals surface area (Å²) in [4.78, 5) is 16.7. The maximum absolute atomic E-state index is 12.5. The zero-order chi connectivity index (χ0) is 19.6. The van der Waals surface area contributed by atoms with E-state index >= 15 is 0 Å². The number of carbonyl (C=O) groups is 1. The van der Waals surface area contributed by atoms with Gasteiger partial charge in [0, 0.05) is 26.7 Å². The monoisotopic (exact) mass is 374 g/mol. The summed E-state index contributed by atoms with van der Waals surface area (Å²) in [7, 11) is 1.85. The van der Waals surface area contributed by atoms with Gasteiger partial charge in [-0.05, 0) is 63.5 Å². The molecule has 1 aromatic rings. The molecule has 150 valence electrons. The molecule has 1 amide bonds. The first-order valence-electron chi connectivity index (χ1n) is 10.2. The summed E-state index contributed by atoms with van der Waals surface area (Å²) in [5.41, 5.74) is 1.99. The maximum Gasteiger partial charge on any atom is 0.410 e. The van der Waals surface area contributed by atoms with Crippen LogP contribution in [-0.4, -0.2) is 52.8 Å². The summed E-state index contributed by atoms with van der Waals surface area (Å²) >= 11 is 0. The van der Waals surface area contributed by atoms with E-state index in [9.17, 15) is 9.90 Å². The van der Waals surface area contributed by atoms with E-state index in [1.165, 1.54) is 11.1 Å². The van der Waals surface area contributed by atoms with E-state index in [4.69, 9.17) is 4.74 Å². The lowest BCUT2D eigenvalue weighted by molar-refractivity contribution is 0.0199. The number of ether oxygens (including phenoxy) is 1. The van der Waals surface area contributed by atoms with E-state index in [1.807, 2.05) is 27.8 Å². The van der Waals surface area contributed by atoms with Crippen molar-refractivity contribution in [1.82, 2.24) is 9.80 Å². The third-order valence-electron chi connectivity index (χ3n) is 5.45. The molecule has 1 saturated carbocycles. The molecule has 1 atom stereocenters. The summed E-state index contributed by atoms with van der Waals surface area (Å²) in [6, 6.07) is 8.77. The molecule has 1 aromatic carbocycles. The Morgan fingerprint density at radius 3 is 2.30 bits per heavy atom. The van der Waals surface area contributed by atoms with Gasteiger partial charge in [-0.15, -0.1) is 0 Å². The number of nitrogens with zero attached hydrogens (tertiary/aromatic N) is 2. The fourth-order valence-electron chi connectivity index (χ4n) is 3.83. The Balaban J connectivity index is 1.65. The van der Waals surface area contributed by atoms with Gasteiger partial charge in [0.1, 0.15) is 5.60 Å². The summed E-state index contributed by atoms with van der Waals surface area (Å²) in [6.45, 7) is 8.53. The molecule has 1 aliphatic carbocycles. The Hall–Kier alpha value is -1.59. The molecular formula is C22H34N2O3. The minimum atomic E-state index is -0.481. The number of hydrogen-bond donors (Lipinski definition) is 1. The molecule has 2 aliphatic rings. The highest BCUT2D eigenvalue weighted by Gasteiger charge is 2.38. The van der Waals surface area contributed by atoms with E-state index < -0.39 is 5.60 Å². The van der Waals surface area contributed by atoms with Gasteiger partial charge in [0.15, 0.2) is 0 Å². The molecular weight excluding hydrogens is 340 g/mol. The van der Waals surface area contributed by atoms with E-state index in [1.54, 1.807) is 4.90 Å². The van der Waals surface area contributed by atoms with Gasteiger partial charge in [0.05, 0.1) is 12.1 Å². The predicted octanol–water partition coefficient (Wildman–Crippen LogP) is 3.96.